The molecular formula is C32H38FN5O4. The van der Waals surface area contributed by atoms with E-state index in [0.717, 1.165) is 6.20 Å². The first-order valence-corrected chi connectivity index (χ1v) is 13.5. The fourth-order valence-corrected chi connectivity index (χ4v) is 3.67. The molecule has 0 saturated carbocycles. The highest BCUT2D eigenvalue weighted by Crippen LogP contribution is 2.27. The van der Waals surface area contributed by atoms with E-state index in [9.17, 15) is 14.0 Å². The van der Waals surface area contributed by atoms with Gasteiger partial charge in [-0.05, 0) is 56.5 Å². The second kappa shape index (κ2) is 13.8. The Morgan fingerprint density at radius 3 is 2.45 bits per heavy atom. The summed E-state index contributed by atoms with van der Waals surface area (Å²) in [5, 5.41) is 5.71. The summed E-state index contributed by atoms with van der Waals surface area (Å²) in [6, 6.07) is 13.6. The van der Waals surface area contributed by atoms with E-state index in [1.807, 2.05) is 26.8 Å². The van der Waals surface area contributed by atoms with Gasteiger partial charge in [0.2, 0.25) is 5.95 Å². The smallest absolute Gasteiger partial charge is 0.415 e. The number of carbonyl (C=O) groups is 2. The van der Waals surface area contributed by atoms with Crippen LogP contribution in [-0.2, 0) is 9.47 Å². The number of nitrogens with one attached hydrogen (secondary N) is 2. The van der Waals surface area contributed by atoms with Crippen LogP contribution >= 0.6 is 0 Å². The van der Waals surface area contributed by atoms with Gasteiger partial charge in [0.15, 0.2) is 5.82 Å². The van der Waals surface area contributed by atoms with Crippen molar-refractivity contribution >= 4 is 35.2 Å². The number of nitrogens with zero attached hydrogens (tertiary/aromatic N) is 3. The molecule has 0 atom stereocenters. The summed E-state index contributed by atoms with van der Waals surface area (Å²) in [5.74, 6) is -0.497. The van der Waals surface area contributed by atoms with Crippen LogP contribution in [0.2, 0.25) is 0 Å². The third-order valence-corrected chi connectivity index (χ3v) is 5.39. The van der Waals surface area contributed by atoms with Gasteiger partial charge in [0.25, 0.3) is 0 Å². The summed E-state index contributed by atoms with van der Waals surface area (Å²) >= 11 is 0. The van der Waals surface area contributed by atoms with Crippen molar-refractivity contribution in [3.05, 3.63) is 85.4 Å². The zero-order valence-electron chi connectivity index (χ0n) is 24.9. The van der Waals surface area contributed by atoms with Crippen LogP contribution in [0.25, 0.3) is 11.3 Å². The molecular weight excluding hydrogens is 537 g/mol. The van der Waals surface area contributed by atoms with Gasteiger partial charge in [0, 0.05) is 29.2 Å². The third-order valence-electron chi connectivity index (χ3n) is 5.39. The Labute approximate surface area is 246 Å². The van der Waals surface area contributed by atoms with Crippen LogP contribution in [0.15, 0.2) is 79.5 Å². The molecule has 0 spiro atoms. The van der Waals surface area contributed by atoms with Gasteiger partial charge in [-0.25, -0.2) is 23.9 Å². The Hall–Kier alpha value is -4.73. The van der Waals surface area contributed by atoms with E-state index in [4.69, 9.17) is 9.47 Å². The molecule has 2 aromatic carbocycles. The Bertz CT molecular complexity index is 1440. The number of aromatic nitrogens is 2. The topological polar surface area (TPSA) is 106 Å². The molecule has 2 N–H and O–H groups in total. The van der Waals surface area contributed by atoms with E-state index >= 15 is 0 Å². The van der Waals surface area contributed by atoms with Crippen LogP contribution in [0.4, 0.5) is 37.0 Å². The molecule has 1 aromatic heterocycles. The number of anilines is 4. The molecule has 222 valence electrons. The minimum absolute atomic E-state index is 0.0156. The molecule has 10 heteroatoms. The first-order chi connectivity index (χ1) is 19.7. The summed E-state index contributed by atoms with van der Waals surface area (Å²) in [7, 11) is 0. The molecule has 0 saturated heterocycles. The number of allylic oxidation sites excluding steroid dienone is 1. The normalized spacial score (nSPS) is 11.6. The molecule has 2 amide bonds. The van der Waals surface area contributed by atoms with Crippen molar-refractivity contribution in [2.24, 2.45) is 5.41 Å². The highest BCUT2D eigenvalue weighted by Gasteiger charge is 2.23. The van der Waals surface area contributed by atoms with Crippen molar-refractivity contribution in [1.29, 1.82) is 0 Å². The van der Waals surface area contributed by atoms with Gasteiger partial charge in [0.05, 0.1) is 6.20 Å². The van der Waals surface area contributed by atoms with E-state index in [0.29, 0.717) is 22.6 Å². The minimum Gasteiger partial charge on any atom is -0.445 e. The maximum absolute atomic E-state index is 14.8. The van der Waals surface area contributed by atoms with Crippen LogP contribution in [-0.4, -0.2) is 40.9 Å². The third kappa shape index (κ3) is 10.0. The van der Waals surface area contributed by atoms with Crippen LogP contribution in [0.1, 0.15) is 41.5 Å². The fraction of sp³-hybridized carbons (Fsp3) is 0.312. The average Bonchev–Trinajstić information content (AvgIpc) is 2.89. The van der Waals surface area contributed by atoms with Crippen molar-refractivity contribution in [1.82, 2.24) is 9.97 Å². The molecule has 3 rings (SSSR count). The van der Waals surface area contributed by atoms with Crippen molar-refractivity contribution in [2.45, 2.75) is 47.1 Å². The van der Waals surface area contributed by atoms with E-state index in [1.54, 1.807) is 81.5 Å². The van der Waals surface area contributed by atoms with Gasteiger partial charge in [-0.1, -0.05) is 57.2 Å². The van der Waals surface area contributed by atoms with E-state index < -0.39 is 23.6 Å². The molecule has 9 nitrogen and oxygen atoms in total. The average molecular weight is 576 g/mol. The maximum atomic E-state index is 14.8. The molecule has 42 heavy (non-hydrogen) atoms. The van der Waals surface area contributed by atoms with Crippen molar-refractivity contribution in [3.63, 3.8) is 0 Å². The van der Waals surface area contributed by atoms with Gasteiger partial charge in [0.1, 0.15) is 17.9 Å². The lowest BCUT2D eigenvalue weighted by Crippen LogP contribution is -2.37. The number of carbonyl (C=O) groups excluding carboxylic acids is 2. The van der Waals surface area contributed by atoms with Crippen LogP contribution in [0.3, 0.4) is 0 Å². The largest absolute Gasteiger partial charge is 0.445 e. The van der Waals surface area contributed by atoms with Gasteiger partial charge in [-0.15, -0.1) is 6.58 Å². The molecule has 1 heterocycles. The predicted molar refractivity (Wildman–Crippen MR) is 164 cm³/mol. The second-order valence-electron chi connectivity index (χ2n) is 11.5. The Morgan fingerprint density at radius 2 is 1.76 bits per heavy atom. The van der Waals surface area contributed by atoms with E-state index in [2.05, 4.69) is 27.2 Å². The Balaban J connectivity index is 1.77. The summed E-state index contributed by atoms with van der Waals surface area (Å²) in [6.45, 7) is 15.6. The predicted octanol–water partition coefficient (Wildman–Crippen LogP) is 8.10. The number of amides is 2. The zero-order chi connectivity index (χ0) is 30.9. The van der Waals surface area contributed by atoms with Crippen molar-refractivity contribution in [2.75, 3.05) is 28.7 Å². The number of benzene rings is 2. The van der Waals surface area contributed by atoms with Crippen molar-refractivity contribution < 1.29 is 23.5 Å². The lowest BCUT2D eigenvalue weighted by atomic mass is 9.96. The summed E-state index contributed by atoms with van der Waals surface area (Å²) < 4.78 is 25.5. The molecule has 0 bridgehead atoms. The second-order valence-corrected chi connectivity index (χ2v) is 11.5. The summed E-state index contributed by atoms with van der Waals surface area (Å²) in [6.07, 6.45) is 5.26. The number of rotatable bonds is 9. The van der Waals surface area contributed by atoms with Gasteiger partial charge in [-0.2, -0.15) is 0 Å². The van der Waals surface area contributed by atoms with E-state index in [1.165, 1.54) is 4.90 Å². The molecule has 0 aliphatic carbocycles. The zero-order valence-corrected chi connectivity index (χ0v) is 24.9. The number of ether oxygens (including phenoxy) is 2. The lowest BCUT2D eigenvalue weighted by molar-refractivity contribution is 0.0584. The first-order valence-electron chi connectivity index (χ1n) is 13.5. The first kappa shape index (κ1) is 31.8. The summed E-state index contributed by atoms with van der Waals surface area (Å²) in [4.78, 5) is 34.9. The monoisotopic (exact) mass is 575 g/mol. The number of halogens is 1. The van der Waals surface area contributed by atoms with Gasteiger partial charge >= 0.3 is 12.2 Å². The van der Waals surface area contributed by atoms with Crippen LogP contribution < -0.4 is 15.5 Å². The quantitative estimate of drug-likeness (QED) is 0.248. The highest BCUT2D eigenvalue weighted by atomic mass is 19.1. The molecule has 3 aromatic rings. The van der Waals surface area contributed by atoms with Crippen LogP contribution in [0, 0.1) is 11.2 Å². The molecule has 0 unspecified atom stereocenters. The van der Waals surface area contributed by atoms with Crippen LogP contribution in [0.5, 0.6) is 0 Å². The molecule has 0 aliphatic rings. The maximum Gasteiger partial charge on any atom is 0.415 e. The molecule has 0 fully saturated rings. The minimum atomic E-state index is -0.665. The molecule has 0 aliphatic heterocycles. The molecule has 0 radical (unpaired) electrons. The standard InChI is InChI=1S/C32H38FN5O4/c1-8-17-38(30(40)42-32(5,6)7)25-15-10-14-24(20-25)35-28-34-21-26(33)27(37-28)22-12-9-13-23(19-22)36-29(39)41-18-11-16-31(2,3)4/h8-16,19-21H,1,17-18H2,2-7H3,(H,36,39)(H,34,35,37). The Kier molecular flexibility index (Phi) is 10.4. The van der Waals surface area contributed by atoms with Gasteiger partial charge < -0.3 is 14.8 Å². The van der Waals surface area contributed by atoms with E-state index in [-0.39, 0.29) is 30.2 Å². The summed E-state index contributed by atoms with van der Waals surface area (Å²) in [5.41, 5.74) is 1.34. The number of hydrogen-bond acceptors (Lipinski definition) is 7. The highest BCUT2D eigenvalue weighted by molar-refractivity contribution is 5.89. The SMILES string of the molecule is C=CCN(C(=O)OC(C)(C)C)c1cccc(Nc2ncc(F)c(-c3cccc(NC(=O)OCC=CC(C)(C)C)c3)n2)c1. The lowest BCUT2D eigenvalue weighted by Gasteiger charge is -2.27. The Morgan fingerprint density at radius 1 is 1.05 bits per heavy atom. The fourth-order valence-electron chi connectivity index (χ4n) is 3.67. The van der Waals surface area contributed by atoms with Crippen molar-refractivity contribution in [3.8, 4) is 11.3 Å². The van der Waals surface area contributed by atoms with Gasteiger partial charge in [-0.3, -0.25) is 10.2 Å². The number of hydrogen-bond donors (Lipinski definition) is 2.